The van der Waals surface area contributed by atoms with Gasteiger partial charge in [0.25, 0.3) is 0 Å². The lowest BCUT2D eigenvalue weighted by Gasteiger charge is -2.36. The highest BCUT2D eigenvalue weighted by molar-refractivity contribution is 9.10. The van der Waals surface area contributed by atoms with Crippen LogP contribution in [0.25, 0.3) is 0 Å². The zero-order chi connectivity index (χ0) is 13.1. The molecule has 1 unspecified atom stereocenters. The summed E-state index contributed by atoms with van der Waals surface area (Å²) in [5.74, 6) is 1.77. The molecule has 1 aromatic heterocycles. The van der Waals surface area contributed by atoms with Gasteiger partial charge in [-0.15, -0.1) is 0 Å². The van der Waals surface area contributed by atoms with E-state index in [0.717, 1.165) is 42.3 Å². The van der Waals surface area contributed by atoms with E-state index >= 15 is 0 Å². The van der Waals surface area contributed by atoms with Gasteiger partial charge >= 0.3 is 0 Å². The van der Waals surface area contributed by atoms with Crippen molar-refractivity contribution >= 4 is 21.7 Å². The van der Waals surface area contributed by atoms with Crippen molar-refractivity contribution in [2.24, 2.45) is 0 Å². The van der Waals surface area contributed by atoms with Crippen LogP contribution in [0, 0.1) is 0 Å². The minimum Gasteiger partial charge on any atom is -0.369 e. The van der Waals surface area contributed by atoms with Gasteiger partial charge < -0.3 is 10.2 Å². The highest BCUT2D eigenvalue weighted by Gasteiger charge is 2.26. The molecular formula is C12H20BrN5. The Morgan fingerprint density at radius 1 is 1.44 bits per heavy atom. The van der Waals surface area contributed by atoms with Crippen LogP contribution in [0.4, 0.5) is 5.82 Å². The van der Waals surface area contributed by atoms with Crippen molar-refractivity contribution in [3.8, 4) is 0 Å². The van der Waals surface area contributed by atoms with E-state index in [1.165, 1.54) is 0 Å². The summed E-state index contributed by atoms with van der Waals surface area (Å²) in [4.78, 5) is 13.7. The summed E-state index contributed by atoms with van der Waals surface area (Å²) in [6, 6.07) is 0.272. The molecule has 1 saturated heterocycles. The third kappa shape index (κ3) is 2.99. The summed E-state index contributed by atoms with van der Waals surface area (Å²) < 4.78 is 0.917. The molecule has 0 aliphatic carbocycles. The minimum atomic E-state index is 0.272. The van der Waals surface area contributed by atoms with Gasteiger partial charge in [0.05, 0.1) is 10.5 Å². The van der Waals surface area contributed by atoms with Crippen LogP contribution in [0.1, 0.15) is 18.8 Å². The average Bonchev–Trinajstić information content (AvgIpc) is 2.35. The van der Waals surface area contributed by atoms with Gasteiger partial charge in [0, 0.05) is 32.4 Å². The number of likely N-dealkylation sites (N-methyl/N-ethyl adjacent to an activating group) is 2. The highest BCUT2D eigenvalue weighted by Crippen LogP contribution is 2.24. The second-order valence-electron chi connectivity index (χ2n) is 4.71. The third-order valence-corrected chi connectivity index (χ3v) is 3.84. The van der Waals surface area contributed by atoms with Crippen LogP contribution in [0.2, 0.25) is 0 Å². The first-order valence-electron chi connectivity index (χ1n) is 6.27. The smallest absolute Gasteiger partial charge is 0.149 e. The normalized spacial score (nSPS) is 22.1. The fourth-order valence-corrected chi connectivity index (χ4v) is 2.45. The molecule has 2 rings (SSSR count). The Bertz CT molecular complexity index is 411. The predicted octanol–water partition coefficient (Wildman–Crippen LogP) is 1.59. The molecular weight excluding hydrogens is 294 g/mol. The molecule has 1 fully saturated rings. The Labute approximate surface area is 117 Å². The third-order valence-electron chi connectivity index (χ3n) is 3.26. The Kier molecular flexibility index (Phi) is 4.53. The molecule has 100 valence electrons. The Hall–Kier alpha value is -0.720. The number of aromatic nitrogens is 2. The maximum absolute atomic E-state index is 4.63. The topological polar surface area (TPSA) is 44.3 Å². The van der Waals surface area contributed by atoms with Gasteiger partial charge in [0.15, 0.2) is 0 Å². The minimum absolute atomic E-state index is 0.272. The second-order valence-corrected chi connectivity index (χ2v) is 5.57. The van der Waals surface area contributed by atoms with Crippen molar-refractivity contribution in [3.05, 3.63) is 16.5 Å². The van der Waals surface area contributed by atoms with Crippen LogP contribution in [0.3, 0.4) is 0 Å². The van der Waals surface area contributed by atoms with Crippen LogP contribution in [0.15, 0.2) is 10.7 Å². The Balaban J connectivity index is 2.23. The molecule has 1 aliphatic rings. The molecule has 0 amide bonds. The van der Waals surface area contributed by atoms with E-state index in [0.29, 0.717) is 0 Å². The quantitative estimate of drug-likeness (QED) is 0.918. The highest BCUT2D eigenvalue weighted by atomic mass is 79.9. The van der Waals surface area contributed by atoms with E-state index in [1.807, 2.05) is 6.20 Å². The van der Waals surface area contributed by atoms with Gasteiger partial charge in [-0.25, -0.2) is 9.97 Å². The monoisotopic (exact) mass is 313 g/mol. The van der Waals surface area contributed by atoms with Crippen molar-refractivity contribution < 1.29 is 0 Å². The fourth-order valence-electron chi connectivity index (χ4n) is 2.12. The second kappa shape index (κ2) is 5.95. The van der Waals surface area contributed by atoms with Crippen molar-refractivity contribution in [2.45, 2.75) is 13.0 Å². The first-order valence-corrected chi connectivity index (χ1v) is 7.06. The number of nitrogens with one attached hydrogen (secondary N) is 1. The van der Waals surface area contributed by atoms with E-state index in [9.17, 15) is 0 Å². The van der Waals surface area contributed by atoms with Crippen LogP contribution >= 0.6 is 15.9 Å². The van der Waals surface area contributed by atoms with E-state index in [2.05, 4.69) is 62.0 Å². The SMILES string of the molecule is CCNc1nc(C2CN(C)CCN2C)ncc1Br. The molecule has 1 aromatic rings. The van der Waals surface area contributed by atoms with Gasteiger partial charge in [-0.2, -0.15) is 0 Å². The lowest BCUT2D eigenvalue weighted by Crippen LogP contribution is -2.45. The van der Waals surface area contributed by atoms with Crippen molar-refractivity contribution in [1.82, 2.24) is 19.8 Å². The van der Waals surface area contributed by atoms with E-state index in [4.69, 9.17) is 0 Å². The van der Waals surface area contributed by atoms with Gasteiger partial charge in [-0.1, -0.05) is 0 Å². The number of halogens is 1. The maximum atomic E-state index is 4.63. The summed E-state index contributed by atoms with van der Waals surface area (Å²) in [5, 5.41) is 3.25. The molecule has 0 aromatic carbocycles. The molecule has 1 N–H and O–H groups in total. The number of nitrogens with zero attached hydrogens (tertiary/aromatic N) is 4. The molecule has 5 nitrogen and oxygen atoms in total. The largest absolute Gasteiger partial charge is 0.369 e. The van der Waals surface area contributed by atoms with Crippen LogP contribution in [-0.4, -0.2) is 60.0 Å². The first-order chi connectivity index (χ1) is 8.61. The lowest BCUT2D eigenvalue weighted by molar-refractivity contribution is 0.109. The van der Waals surface area contributed by atoms with Crippen LogP contribution in [-0.2, 0) is 0 Å². The zero-order valence-corrected chi connectivity index (χ0v) is 12.7. The summed E-state index contributed by atoms with van der Waals surface area (Å²) in [6.07, 6.45) is 1.84. The average molecular weight is 314 g/mol. The molecule has 0 saturated carbocycles. The summed E-state index contributed by atoms with van der Waals surface area (Å²) in [6.45, 7) is 6.05. The number of anilines is 1. The van der Waals surface area contributed by atoms with Crippen molar-refractivity contribution in [1.29, 1.82) is 0 Å². The Morgan fingerprint density at radius 2 is 2.22 bits per heavy atom. The van der Waals surface area contributed by atoms with Gasteiger partial charge in [-0.3, -0.25) is 4.90 Å². The molecule has 6 heteroatoms. The van der Waals surface area contributed by atoms with E-state index in [1.54, 1.807) is 0 Å². The molecule has 1 aliphatic heterocycles. The fraction of sp³-hybridized carbons (Fsp3) is 0.667. The maximum Gasteiger partial charge on any atom is 0.149 e. The number of piperazine rings is 1. The lowest BCUT2D eigenvalue weighted by atomic mass is 10.1. The molecule has 0 radical (unpaired) electrons. The first kappa shape index (κ1) is 13.7. The van der Waals surface area contributed by atoms with Gasteiger partial charge in [-0.05, 0) is 36.9 Å². The standard InChI is InChI=1S/C12H20BrN5/c1-4-14-11-9(13)7-15-12(16-11)10-8-17(2)5-6-18(10)3/h7,10H,4-6,8H2,1-3H3,(H,14,15,16). The molecule has 0 spiro atoms. The molecule has 0 bridgehead atoms. The van der Waals surface area contributed by atoms with Gasteiger partial charge in [0.2, 0.25) is 0 Å². The Morgan fingerprint density at radius 3 is 2.94 bits per heavy atom. The number of hydrogen-bond donors (Lipinski definition) is 1. The van der Waals surface area contributed by atoms with Gasteiger partial charge in [0.1, 0.15) is 11.6 Å². The number of hydrogen-bond acceptors (Lipinski definition) is 5. The van der Waals surface area contributed by atoms with Crippen LogP contribution in [0.5, 0.6) is 0 Å². The zero-order valence-electron chi connectivity index (χ0n) is 11.1. The molecule has 1 atom stereocenters. The summed E-state index contributed by atoms with van der Waals surface area (Å²) in [5.41, 5.74) is 0. The molecule has 2 heterocycles. The van der Waals surface area contributed by atoms with Crippen molar-refractivity contribution in [3.63, 3.8) is 0 Å². The van der Waals surface area contributed by atoms with E-state index in [-0.39, 0.29) is 6.04 Å². The molecule has 18 heavy (non-hydrogen) atoms. The van der Waals surface area contributed by atoms with E-state index < -0.39 is 0 Å². The number of rotatable bonds is 3. The predicted molar refractivity (Wildman–Crippen MR) is 76.8 cm³/mol. The summed E-state index contributed by atoms with van der Waals surface area (Å²) >= 11 is 3.47. The van der Waals surface area contributed by atoms with Crippen molar-refractivity contribution in [2.75, 3.05) is 45.6 Å². The summed E-state index contributed by atoms with van der Waals surface area (Å²) in [7, 11) is 4.28. The van der Waals surface area contributed by atoms with Crippen LogP contribution < -0.4 is 5.32 Å².